The van der Waals surface area contributed by atoms with Crippen molar-refractivity contribution in [2.24, 2.45) is 0 Å². The van der Waals surface area contributed by atoms with Gasteiger partial charge in [-0.05, 0) is 37.6 Å². The van der Waals surface area contributed by atoms with Gasteiger partial charge in [0.05, 0.1) is 0 Å². The SMILES string of the molecule is c1cc2c(cc1SCC1CCCN1)OCCO2. The van der Waals surface area contributed by atoms with Gasteiger partial charge in [-0.15, -0.1) is 11.8 Å². The van der Waals surface area contributed by atoms with Gasteiger partial charge < -0.3 is 14.8 Å². The summed E-state index contributed by atoms with van der Waals surface area (Å²) < 4.78 is 11.1. The molecule has 92 valence electrons. The summed E-state index contributed by atoms with van der Waals surface area (Å²) in [6.45, 7) is 2.49. The highest BCUT2D eigenvalue weighted by atomic mass is 32.2. The lowest BCUT2D eigenvalue weighted by Gasteiger charge is -2.19. The van der Waals surface area contributed by atoms with E-state index < -0.39 is 0 Å². The number of rotatable bonds is 3. The first kappa shape index (κ1) is 11.2. The van der Waals surface area contributed by atoms with Crippen LogP contribution in [-0.4, -0.2) is 31.6 Å². The number of ether oxygens (including phenoxy) is 2. The second kappa shape index (κ2) is 5.19. The molecule has 1 atom stereocenters. The Kier molecular flexibility index (Phi) is 3.43. The molecular formula is C13H17NO2S. The van der Waals surface area contributed by atoms with Gasteiger partial charge in [-0.3, -0.25) is 0 Å². The molecule has 2 aliphatic heterocycles. The Morgan fingerprint density at radius 1 is 1.24 bits per heavy atom. The number of benzene rings is 1. The molecule has 0 saturated carbocycles. The molecule has 4 heteroatoms. The predicted molar refractivity (Wildman–Crippen MR) is 69.2 cm³/mol. The van der Waals surface area contributed by atoms with Crippen LogP contribution >= 0.6 is 11.8 Å². The highest BCUT2D eigenvalue weighted by Crippen LogP contribution is 2.34. The van der Waals surface area contributed by atoms with E-state index >= 15 is 0 Å². The van der Waals surface area contributed by atoms with Crippen molar-refractivity contribution < 1.29 is 9.47 Å². The van der Waals surface area contributed by atoms with Gasteiger partial charge in [-0.2, -0.15) is 0 Å². The van der Waals surface area contributed by atoms with Crippen molar-refractivity contribution in [3.05, 3.63) is 18.2 Å². The second-order valence-electron chi connectivity index (χ2n) is 4.41. The minimum Gasteiger partial charge on any atom is -0.486 e. The van der Waals surface area contributed by atoms with E-state index in [2.05, 4.69) is 17.4 Å². The first-order valence-electron chi connectivity index (χ1n) is 6.18. The van der Waals surface area contributed by atoms with Gasteiger partial charge in [-0.1, -0.05) is 0 Å². The van der Waals surface area contributed by atoms with E-state index in [-0.39, 0.29) is 0 Å². The quantitative estimate of drug-likeness (QED) is 0.835. The Bertz CT molecular complexity index is 391. The predicted octanol–water partition coefficient (Wildman–Crippen LogP) is 2.30. The fourth-order valence-electron chi connectivity index (χ4n) is 2.21. The van der Waals surface area contributed by atoms with Crippen LogP contribution in [0.15, 0.2) is 23.1 Å². The van der Waals surface area contributed by atoms with Crippen LogP contribution in [-0.2, 0) is 0 Å². The average molecular weight is 251 g/mol. The Balaban J connectivity index is 1.62. The zero-order valence-electron chi connectivity index (χ0n) is 9.78. The maximum absolute atomic E-state index is 5.58. The lowest BCUT2D eigenvalue weighted by molar-refractivity contribution is 0.171. The summed E-state index contributed by atoms with van der Waals surface area (Å²) in [6.07, 6.45) is 2.61. The molecule has 1 aromatic carbocycles. The Hall–Kier alpha value is -0.870. The van der Waals surface area contributed by atoms with Gasteiger partial charge in [0.25, 0.3) is 0 Å². The van der Waals surface area contributed by atoms with Crippen molar-refractivity contribution in [1.82, 2.24) is 5.32 Å². The summed E-state index contributed by atoms with van der Waals surface area (Å²) in [7, 11) is 0. The fraction of sp³-hybridized carbons (Fsp3) is 0.538. The molecule has 2 aliphatic rings. The zero-order chi connectivity index (χ0) is 11.5. The summed E-state index contributed by atoms with van der Waals surface area (Å²) in [4.78, 5) is 1.27. The van der Waals surface area contributed by atoms with E-state index in [1.54, 1.807) is 0 Å². The van der Waals surface area contributed by atoms with Gasteiger partial charge in [0.15, 0.2) is 11.5 Å². The number of thioether (sulfide) groups is 1. The summed E-state index contributed by atoms with van der Waals surface area (Å²) in [5, 5.41) is 3.51. The van der Waals surface area contributed by atoms with Crippen LogP contribution in [0.4, 0.5) is 0 Å². The molecular weight excluding hydrogens is 234 g/mol. The topological polar surface area (TPSA) is 30.5 Å². The van der Waals surface area contributed by atoms with Crippen molar-refractivity contribution in [1.29, 1.82) is 0 Å². The van der Waals surface area contributed by atoms with Crippen LogP contribution in [0.1, 0.15) is 12.8 Å². The standard InChI is InChI=1S/C13H17NO2S/c1-2-10(14-5-1)9-17-11-3-4-12-13(8-11)16-7-6-15-12/h3-4,8,10,14H,1-2,5-7,9H2. The Labute approximate surface area is 106 Å². The number of hydrogen-bond acceptors (Lipinski definition) is 4. The smallest absolute Gasteiger partial charge is 0.162 e. The number of hydrogen-bond donors (Lipinski definition) is 1. The van der Waals surface area contributed by atoms with E-state index in [0.717, 1.165) is 17.3 Å². The van der Waals surface area contributed by atoms with Crippen LogP contribution in [0.5, 0.6) is 11.5 Å². The molecule has 3 nitrogen and oxygen atoms in total. The molecule has 1 saturated heterocycles. The van der Waals surface area contributed by atoms with Crippen molar-refractivity contribution in [3.8, 4) is 11.5 Å². The minimum absolute atomic E-state index is 0.658. The van der Waals surface area contributed by atoms with Gasteiger partial charge in [-0.25, -0.2) is 0 Å². The molecule has 3 rings (SSSR count). The van der Waals surface area contributed by atoms with Crippen LogP contribution < -0.4 is 14.8 Å². The zero-order valence-corrected chi connectivity index (χ0v) is 10.6. The lowest BCUT2D eigenvalue weighted by Crippen LogP contribution is -2.23. The van der Waals surface area contributed by atoms with Crippen LogP contribution in [0.2, 0.25) is 0 Å². The molecule has 1 fully saturated rings. The van der Waals surface area contributed by atoms with Gasteiger partial charge >= 0.3 is 0 Å². The number of fused-ring (bicyclic) bond motifs is 1. The monoisotopic (exact) mass is 251 g/mol. The van der Waals surface area contributed by atoms with Crippen LogP contribution in [0.25, 0.3) is 0 Å². The molecule has 0 bridgehead atoms. The molecule has 0 aromatic heterocycles. The average Bonchev–Trinajstić information content (AvgIpc) is 2.89. The summed E-state index contributed by atoms with van der Waals surface area (Å²) in [5.41, 5.74) is 0. The minimum atomic E-state index is 0.658. The molecule has 1 N–H and O–H groups in total. The molecule has 0 spiro atoms. The number of nitrogens with one attached hydrogen (secondary N) is 1. The summed E-state index contributed by atoms with van der Waals surface area (Å²) in [6, 6.07) is 6.90. The van der Waals surface area contributed by atoms with E-state index in [1.807, 2.05) is 17.8 Å². The van der Waals surface area contributed by atoms with Crippen molar-refractivity contribution >= 4 is 11.8 Å². The highest BCUT2D eigenvalue weighted by molar-refractivity contribution is 7.99. The van der Waals surface area contributed by atoms with Gasteiger partial charge in [0.2, 0.25) is 0 Å². The largest absolute Gasteiger partial charge is 0.486 e. The molecule has 1 aromatic rings. The first-order chi connectivity index (χ1) is 8.42. The normalized spacial score (nSPS) is 22.7. The van der Waals surface area contributed by atoms with Crippen LogP contribution in [0, 0.1) is 0 Å². The van der Waals surface area contributed by atoms with E-state index in [9.17, 15) is 0 Å². The third kappa shape index (κ3) is 2.69. The fourth-order valence-corrected chi connectivity index (χ4v) is 3.24. The lowest BCUT2D eigenvalue weighted by atomic mass is 10.3. The second-order valence-corrected chi connectivity index (χ2v) is 5.50. The van der Waals surface area contributed by atoms with E-state index in [0.29, 0.717) is 19.3 Å². The summed E-state index contributed by atoms with van der Waals surface area (Å²) >= 11 is 1.89. The van der Waals surface area contributed by atoms with Crippen molar-refractivity contribution in [2.75, 3.05) is 25.5 Å². The van der Waals surface area contributed by atoms with Crippen molar-refractivity contribution in [3.63, 3.8) is 0 Å². The molecule has 2 heterocycles. The first-order valence-corrected chi connectivity index (χ1v) is 7.16. The van der Waals surface area contributed by atoms with E-state index in [4.69, 9.17) is 9.47 Å². The summed E-state index contributed by atoms with van der Waals surface area (Å²) in [5.74, 6) is 2.90. The van der Waals surface area contributed by atoms with E-state index in [1.165, 1.54) is 24.3 Å². The molecule has 0 amide bonds. The molecule has 1 unspecified atom stereocenters. The van der Waals surface area contributed by atoms with Crippen molar-refractivity contribution in [2.45, 2.75) is 23.8 Å². The van der Waals surface area contributed by atoms with Gasteiger partial charge in [0, 0.05) is 16.7 Å². The molecule has 0 radical (unpaired) electrons. The Morgan fingerprint density at radius 2 is 2.12 bits per heavy atom. The maximum Gasteiger partial charge on any atom is 0.162 e. The maximum atomic E-state index is 5.58. The molecule has 17 heavy (non-hydrogen) atoms. The van der Waals surface area contributed by atoms with Crippen LogP contribution in [0.3, 0.4) is 0 Å². The third-order valence-corrected chi connectivity index (χ3v) is 4.28. The third-order valence-electron chi connectivity index (χ3n) is 3.13. The Morgan fingerprint density at radius 3 is 2.94 bits per heavy atom. The molecule has 0 aliphatic carbocycles. The highest BCUT2D eigenvalue weighted by Gasteiger charge is 2.15. The van der Waals surface area contributed by atoms with Gasteiger partial charge in [0.1, 0.15) is 13.2 Å².